The van der Waals surface area contributed by atoms with E-state index in [2.05, 4.69) is 10.6 Å². The van der Waals surface area contributed by atoms with Crippen molar-refractivity contribution >= 4 is 0 Å². The van der Waals surface area contributed by atoms with Gasteiger partial charge in [-0.15, -0.1) is 0 Å². The van der Waals surface area contributed by atoms with Gasteiger partial charge in [-0.1, -0.05) is 0 Å². The zero-order valence-corrected chi connectivity index (χ0v) is 7.76. The van der Waals surface area contributed by atoms with E-state index in [0.717, 1.165) is 26.1 Å². The average molecular weight is 170 g/mol. The lowest BCUT2D eigenvalue weighted by Gasteiger charge is -2.22. The maximum atomic E-state index is 5.40. The van der Waals surface area contributed by atoms with Crippen molar-refractivity contribution in [3.05, 3.63) is 0 Å². The molecule has 0 bridgehead atoms. The molecule has 1 saturated heterocycles. The minimum atomic E-state index is 0.441. The van der Waals surface area contributed by atoms with Gasteiger partial charge in [-0.25, -0.2) is 5.32 Å². The van der Waals surface area contributed by atoms with Gasteiger partial charge in [0.05, 0.1) is 6.17 Å². The van der Waals surface area contributed by atoms with Crippen LogP contribution in [0.15, 0.2) is 0 Å². The molecule has 0 spiro atoms. The van der Waals surface area contributed by atoms with Crippen LogP contribution in [0.5, 0.6) is 0 Å². The van der Waals surface area contributed by atoms with Crippen LogP contribution in [0, 0.1) is 0 Å². The van der Waals surface area contributed by atoms with Gasteiger partial charge < -0.3 is 11.1 Å². The average Bonchev–Trinajstić information content (AvgIpc) is 2.14. The van der Waals surface area contributed by atoms with Crippen LogP contribution >= 0.6 is 0 Å². The van der Waals surface area contributed by atoms with Crippen LogP contribution < -0.4 is 16.4 Å². The van der Waals surface area contributed by atoms with E-state index < -0.39 is 0 Å². The predicted molar refractivity (Wildman–Crippen MR) is 50.9 cm³/mol. The second-order valence-corrected chi connectivity index (χ2v) is 3.37. The molecule has 1 radical (unpaired) electrons. The lowest BCUT2D eigenvalue weighted by Crippen LogP contribution is -2.41. The van der Waals surface area contributed by atoms with Crippen LogP contribution in [-0.4, -0.2) is 25.8 Å². The first kappa shape index (κ1) is 9.96. The second kappa shape index (κ2) is 6.40. The molecule has 12 heavy (non-hydrogen) atoms. The smallest absolute Gasteiger partial charge is 0.0735 e. The summed E-state index contributed by atoms with van der Waals surface area (Å²) in [7, 11) is 0. The van der Waals surface area contributed by atoms with E-state index >= 15 is 0 Å². The lowest BCUT2D eigenvalue weighted by atomic mass is 10.1. The van der Waals surface area contributed by atoms with E-state index in [9.17, 15) is 0 Å². The van der Waals surface area contributed by atoms with Gasteiger partial charge >= 0.3 is 0 Å². The standard InChI is InChI=1S/C9H20N3/c10-6-2-4-8-12-9-5-1-3-7-11-9/h9,12H,1-8,10H2. The largest absolute Gasteiger partial charge is 0.330 e. The van der Waals surface area contributed by atoms with Gasteiger partial charge in [-0.2, -0.15) is 0 Å². The molecule has 71 valence electrons. The summed E-state index contributed by atoms with van der Waals surface area (Å²) in [6, 6.07) is 0. The minimum Gasteiger partial charge on any atom is -0.330 e. The fourth-order valence-electron chi connectivity index (χ4n) is 1.49. The third kappa shape index (κ3) is 4.04. The van der Waals surface area contributed by atoms with E-state index in [4.69, 9.17) is 5.73 Å². The van der Waals surface area contributed by atoms with Crippen molar-refractivity contribution in [2.75, 3.05) is 19.6 Å². The molecule has 1 aliphatic rings. The van der Waals surface area contributed by atoms with Gasteiger partial charge in [0.1, 0.15) is 0 Å². The lowest BCUT2D eigenvalue weighted by molar-refractivity contribution is 0.335. The number of rotatable bonds is 5. The first-order valence-corrected chi connectivity index (χ1v) is 5.03. The number of nitrogens with one attached hydrogen (secondary N) is 1. The topological polar surface area (TPSA) is 52.1 Å². The fraction of sp³-hybridized carbons (Fsp3) is 1.00. The molecule has 1 aliphatic heterocycles. The summed E-state index contributed by atoms with van der Waals surface area (Å²) in [5, 5.41) is 7.92. The second-order valence-electron chi connectivity index (χ2n) is 3.37. The molecular weight excluding hydrogens is 150 g/mol. The highest BCUT2D eigenvalue weighted by Gasteiger charge is 2.11. The molecule has 0 aromatic carbocycles. The Morgan fingerprint density at radius 2 is 2.25 bits per heavy atom. The number of hydrogen-bond acceptors (Lipinski definition) is 2. The number of piperidine rings is 1. The zero-order chi connectivity index (χ0) is 8.65. The molecule has 3 nitrogen and oxygen atoms in total. The van der Waals surface area contributed by atoms with E-state index in [1.54, 1.807) is 0 Å². The number of hydrogen-bond donors (Lipinski definition) is 2. The van der Waals surface area contributed by atoms with Gasteiger partial charge in [0.25, 0.3) is 0 Å². The SMILES string of the molecule is NCCCCNC1CCCC[N]1. The van der Waals surface area contributed by atoms with Crippen molar-refractivity contribution in [1.82, 2.24) is 10.6 Å². The summed E-state index contributed by atoms with van der Waals surface area (Å²) < 4.78 is 0. The molecule has 0 aromatic heterocycles. The Morgan fingerprint density at radius 1 is 1.33 bits per heavy atom. The Morgan fingerprint density at radius 3 is 2.92 bits per heavy atom. The summed E-state index contributed by atoms with van der Waals surface area (Å²) in [6.07, 6.45) is 6.58. The van der Waals surface area contributed by atoms with Crippen molar-refractivity contribution in [1.29, 1.82) is 0 Å². The monoisotopic (exact) mass is 170 g/mol. The molecule has 1 fully saturated rings. The molecule has 1 rings (SSSR count). The predicted octanol–water partition coefficient (Wildman–Crippen LogP) is 0.429. The van der Waals surface area contributed by atoms with Crippen LogP contribution in [0.25, 0.3) is 0 Å². The van der Waals surface area contributed by atoms with E-state index in [1.165, 1.54) is 25.7 Å². The third-order valence-corrected chi connectivity index (χ3v) is 2.25. The Hall–Kier alpha value is -0.120. The van der Waals surface area contributed by atoms with Crippen molar-refractivity contribution in [3.63, 3.8) is 0 Å². The highest BCUT2D eigenvalue weighted by molar-refractivity contribution is 4.69. The molecular formula is C9H20N3. The maximum absolute atomic E-state index is 5.40. The summed E-state index contributed by atoms with van der Waals surface area (Å²) >= 11 is 0. The van der Waals surface area contributed by atoms with Crippen LogP contribution in [-0.2, 0) is 0 Å². The Kier molecular flexibility index (Phi) is 5.32. The van der Waals surface area contributed by atoms with Crippen molar-refractivity contribution in [3.8, 4) is 0 Å². The fourth-order valence-corrected chi connectivity index (χ4v) is 1.49. The first-order valence-electron chi connectivity index (χ1n) is 5.03. The molecule has 1 unspecified atom stereocenters. The first-order chi connectivity index (χ1) is 5.93. The number of nitrogens with zero attached hydrogens (tertiary/aromatic N) is 1. The van der Waals surface area contributed by atoms with Gasteiger partial charge in [-0.05, 0) is 45.2 Å². The summed E-state index contributed by atoms with van der Waals surface area (Å²) in [6.45, 7) is 2.93. The van der Waals surface area contributed by atoms with Crippen LogP contribution in [0.4, 0.5) is 0 Å². The van der Waals surface area contributed by atoms with Gasteiger partial charge in [0, 0.05) is 6.54 Å². The summed E-state index contributed by atoms with van der Waals surface area (Å²) in [5.41, 5.74) is 5.40. The van der Waals surface area contributed by atoms with Gasteiger partial charge in [0.2, 0.25) is 0 Å². The van der Waals surface area contributed by atoms with Crippen LogP contribution in [0.3, 0.4) is 0 Å². The molecule has 1 heterocycles. The molecule has 3 N–H and O–H groups in total. The van der Waals surface area contributed by atoms with E-state index in [1.807, 2.05) is 0 Å². The number of nitrogens with two attached hydrogens (primary N) is 1. The molecule has 3 heteroatoms. The highest BCUT2D eigenvalue weighted by atomic mass is 15.1. The summed E-state index contributed by atoms with van der Waals surface area (Å²) in [4.78, 5) is 0. The Balaban J connectivity index is 1.91. The van der Waals surface area contributed by atoms with Crippen molar-refractivity contribution in [2.24, 2.45) is 5.73 Å². The Labute approximate surface area is 75.1 Å². The van der Waals surface area contributed by atoms with Gasteiger partial charge in [0.15, 0.2) is 0 Å². The maximum Gasteiger partial charge on any atom is 0.0735 e. The molecule has 1 atom stereocenters. The van der Waals surface area contributed by atoms with Crippen LogP contribution in [0.1, 0.15) is 32.1 Å². The normalized spacial score (nSPS) is 24.2. The molecule has 0 saturated carbocycles. The third-order valence-electron chi connectivity index (χ3n) is 2.25. The minimum absolute atomic E-state index is 0.441. The van der Waals surface area contributed by atoms with Crippen molar-refractivity contribution in [2.45, 2.75) is 38.3 Å². The van der Waals surface area contributed by atoms with E-state index in [-0.39, 0.29) is 0 Å². The van der Waals surface area contributed by atoms with E-state index in [0.29, 0.717) is 6.17 Å². The zero-order valence-electron chi connectivity index (χ0n) is 7.76. The number of unbranched alkanes of at least 4 members (excludes halogenated alkanes) is 1. The highest BCUT2D eigenvalue weighted by Crippen LogP contribution is 2.05. The van der Waals surface area contributed by atoms with Crippen LogP contribution in [0.2, 0.25) is 0 Å². The molecule has 0 aliphatic carbocycles. The molecule has 0 aromatic rings. The summed E-state index contributed by atoms with van der Waals surface area (Å²) in [5.74, 6) is 0. The quantitative estimate of drug-likeness (QED) is 0.588. The van der Waals surface area contributed by atoms with Gasteiger partial charge in [-0.3, -0.25) is 0 Å². The Bertz CT molecular complexity index is 99.9. The van der Waals surface area contributed by atoms with Crippen molar-refractivity contribution < 1.29 is 0 Å². The molecule has 0 amide bonds.